The summed E-state index contributed by atoms with van der Waals surface area (Å²) in [7, 11) is 0. The number of rotatable bonds is 6. The van der Waals surface area contributed by atoms with E-state index in [1.54, 1.807) is 0 Å². The lowest BCUT2D eigenvalue weighted by atomic mass is 9.83. The SMILES string of the molecule is CCC(CC)(CO)CNC(=O)C1OCCC1C. The summed E-state index contributed by atoms with van der Waals surface area (Å²) in [5.41, 5.74) is -0.183. The average Bonchev–Trinajstić information content (AvgIpc) is 2.78. The summed E-state index contributed by atoms with van der Waals surface area (Å²) in [5.74, 6) is 0.261. The van der Waals surface area contributed by atoms with Gasteiger partial charge >= 0.3 is 0 Å². The molecule has 1 amide bonds. The predicted octanol–water partition coefficient (Wildman–Crippen LogP) is 1.33. The van der Waals surface area contributed by atoms with Crippen molar-refractivity contribution in [2.45, 2.75) is 46.1 Å². The zero-order valence-electron chi connectivity index (χ0n) is 11.2. The summed E-state index contributed by atoms with van der Waals surface area (Å²) < 4.78 is 5.42. The van der Waals surface area contributed by atoms with Crippen molar-refractivity contribution in [3.05, 3.63) is 0 Å². The Balaban J connectivity index is 2.46. The first-order chi connectivity index (χ1) is 8.08. The van der Waals surface area contributed by atoms with Crippen LogP contribution in [0, 0.1) is 11.3 Å². The zero-order valence-corrected chi connectivity index (χ0v) is 11.2. The Bertz CT molecular complexity index is 243. The first kappa shape index (κ1) is 14.5. The van der Waals surface area contributed by atoms with Gasteiger partial charge in [0, 0.05) is 18.6 Å². The second-order valence-electron chi connectivity index (χ2n) is 5.14. The van der Waals surface area contributed by atoms with Crippen molar-refractivity contribution in [3.8, 4) is 0 Å². The van der Waals surface area contributed by atoms with Gasteiger partial charge in [-0.3, -0.25) is 4.79 Å². The van der Waals surface area contributed by atoms with Gasteiger partial charge < -0.3 is 15.2 Å². The highest BCUT2D eigenvalue weighted by Gasteiger charge is 2.33. The van der Waals surface area contributed by atoms with Crippen LogP contribution in [-0.2, 0) is 9.53 Å². The maximum absolute atomic E-state index is 11.9. The van der Waals surface area contributed by atoms with Crippen LogP contribution in [0.4, 0.5) is 0 Å². The molecule has 0 aliphatic carbocycles. The summed E-state index contributed by atoms with van der Waals surface area (Å²) in [6.45, 7) is 7.44. The summed E-state index contributed by atoms with van der Waals surface area (Å²) in [6.07, 6.45) is 2.37. The van der Waals surface area contributed by atoms with E-state index < -0.39 is 0 Å². The summed E-state index contributed by atoms with van der Waals surface area (Å²) in [5, 5.41) is 12.3. The molecule has 1 aliphatic rings. The molecule has 4 heteroatoms. The van der Waals surface area contributed by atoms with E-state index in [4.69, 9.17) is 4.74 Å². The molecular weight excluding hydrogens is 218 g/mol. The molecule has 17 heavy (non-hydrogen) atoms. The van der Waals surface area contributed by atoms with Crippen LogP contribution in [0.3, 0.4) is 0 Å². The topological polar surface area (TPSA) is 58.6 Å². The van der Waals surface area contributed by atoms with Crippen LogP contribution in [-0.4, -0.2) is 36.9 Å². The molecular formula is C13H25NO3. The summed E-state index contributed by atoms with van der Waals surface area (Å²) >= 11 is 0. The van der Waals surface area contributed by atoms with Crippen molar-refractivity contribution in [2.75, 3.05) is 19.8 Å². The van der Waals surface area contributed by atoms with Crippen LogP contribution >= 0.6 is 0 Å². The fourth-order valence-corrected chi connectivity index (χ4v) is 2.19. The van der Waals surface area contributed by atoms with Gasteiger partial charge in [0.1, 0.15) is 6.10 Å². The lowest BCUT2D eigenvalue weighted by Crippen LogP contribution is -2.44. The van der Waals surface area contributed by atoms with Gasteiger partial charge in [-0.1, -0.05) is 20.8 Å². The average molecular weight is 243 g/mol. The Morgan fingerprint density at radius 2 is 2.12 bits per heavy atom. The highest BCUT2D eigenvalue weighted by molar-refractivity contribution is 5.81. The van der Waals surface area contributed by atoms with Crippen LogP contribution in [0.1, 0.15) is 40.0 Å². The van der Waals surface area contributed by atoms with Crippen molar-refractivity contribution in [2.24, 2.45) is 11.3 Å². The van der Waals surface area contributed by atoms with Crippen LogP contribution in [0.2, 0.25) is 0 Å². The van der Waals surface area contributed by atoms with Crippen LogP contribution in [0.25, 0.3) is 0 Å². The molecule has 0 aromatic heterocycles. The predicted molar refractivity (Wildman–Crippen MR) is 66.6 cm³/mol. The number of hydrogen-bond acceptors (Lipinski definition) is 3. The minimum Gasteiger partial charge on any atom is -0.396 e. The van der Waals surface area contributed by atoms with Crippen LogP contribution in [0.5, 0.6) is 0 Å². The number of aliphatic hydroxyl groups excluding tert-OH is 1. The second kappa shape index (κ2) is 6.36. The number of carbonyl (C=O) groups excluding carboxylic acids is 1. The number of ether oxygens (including phenoxy) is 1. The number of amides is 1. The van der Waals surface area contributed by atoms with E-state index in [2.05, 4.69) is 5.32 Å². The second-order valence-corrected chi connectivity index (χ2v) is 5.14. The fraction of sp³-hybridized carbons (Fsp3) is 0.923. The lowest BCUT2D eigenvalue weighted by Gasteiger charge is -2.30. The molecule has 100 valence electrons. The normalized spacial score (nSPS) is 24.9. The largest absolute Gasteiger partial charge is 0.396 e. The molecule has 4 nitrogen and oxygen atoms in total. The molecule has 0 radical (unpaired) electrons. The van der Waals surface area contributed by atoms with Gasteiger partial charge in [-0.05, 0) is 25.2 Å². The molecule has 0 aromatic rings. The van der Waals surface area contributed by atoms with Gasteiger partial charge in [-0.2, -0.15) is 0 Å². The minimum atomic E-state index is -0.305. The number of aliphatic hydroxyl groups is 1. The van der Waals surface area contributed by atoms with E-state index in [1.165, 1.54) is 0 Å². The van der Waals surface area contributed by atoms with Gasteiger partial charge in [0.2, 0.25) is 5.91 Å². The summed E-state index contributed by atoms with van der Waals surface area (Å²) in [4.78, 5) is 11.9. The lowest BCUT2D eigenvalue weighted by molar-refractivity contribution is -0.132. The van der Waals surface area contributed by atoms with Gasteiger partial charge in [-0.15, -0.1) is 0 Å². The number of carbonyl (C=O) groups is 1. The van der Waals surface area contributed by atoms with E-state index in [1.807, 2.05) is 20.8 Å². The molecule has 0 aromatic carbocycles. The van der Waals surface area contributed by atoms with Crippen molar-refractivity contribution in [1.82, 2.24) is 5.32 Å². The van der Waals surface area contributed by atoms with E-state index in [-0.39, 0.29) is 24.0 Å². The molecule has 2 N–H and O–H groups in total. The Labute approximate surface area is 104 Å². The smallest absolute Gasteiger partial charge is 0.249 e. The molecule has 1 saturated heterocycles. The summed E-state index contributed by atoms with van der Waals surface area (Å²) in [6, 6.07) is 0. The standard InChI is InChI=1S/C13H25NO3/c1-4-13(5-2,9-15)8-14-12(16)11-10(3)6-7-17-11/h10-11,15H,4-9H2,1-3H3,(H,14,16). The molecule has 1 heterocycles. The van der Waals surface area contributed by atoms with Crippen LogP contribution in [0.15, 0.2) is 0 Å². The van der Waals surface area contributed by atoms with Crippen molar-refractivity contribution in [3.63, 3.8) is 0 Å². The van der Waals surface area contributed by atoms with E-state index >= 15 is 0 Å². The molecule has 0 saturated carbocycles. The highest BCUT2D eigenvalue weighted by atomic mass is 16.5. The van der Waals surface area contributed by atoms with Crippen molar-refractivity contribution < 1.29 is 14.6 Å². The maximum Gasteiger partial charge on any atom is 0.249 e. The monoisotopic (exact) mass is 243 g/mol. The highest BCUT2D eigenvalue weighted by Crippen LogP contribution is 2.25. The Kier molecular flexibility index (Phi) is 5.40. The minimum absolute atomic E-state index is 0.0327. The Morgan fingerprint density at radius 1 is 1.47 bits per heavy atom. The third-order valence-electron chi connectivity index (χ3n) is 4.12. The quantitative estimate of drug-likeness (QED) is 0.740. The molecule has 2 atom stereocenters. The van der Waals surface area contributed by atoms with Gasteiger partial charge in [0.05, 0.1) is 6.61 Å². The zero-order chi connectivity index (χ0) is 12.9. The number of nitrogens with one attached hydrogen (secondary N) is 1. The van der Waals surface area contributed by atoms with Gasteiger partial charge in [-0.25, -0.2) is 0 Å². The van der Waals surface area contributed by atoms with Crippen LogP contribution < -0.4 is 5.32 Å². The van der Waals surface area contributed by atoms with Gasteiger partial charge in [0.25, 0.3) is 0 Å². The first-order valence-electron chi connectivity index (χ1n) is 6.58. The Morgan fingerprint density at radius 3 is 2.53 bits per heavy atom. The first-order valence-corrected chi connectivity index (χ1v) is 6.58. The fourth-order valence-electron chi connectivity index (χ4n) is 2.19. The van der Waals surface area contributed by atoms with Gasteiger partial charge in [0.15, 0.2) is 0 Å². The third-order valence-corrected chi connectivity index (χ3v) is 4.12. The molecule has 2 unspecified atom stereocenters. The maximum atomic E-state index is 11.9. The molecule has 0 spiro atoms. The van der Waals surface area contributed by atoms with Crippen molar-refractivity contribution in [1.29, 1.82) is 0 Å². The number of hydrogen-bond donors (Lipinski definition) is 2. The van der Waals surface area contributed by atoms with E-state index in [0.717, 1.165) is 19.3 Å². The molecule has 1 rings (SSSR count). The van der Waals surface area contributed by atoms with E-state index in [0.29, 0.717) is 19.1 Å². The van der Waals surface area contributed by atoms with Crippen molar-refractivity contribution >= 4 is 5.91 Å². The molecule has 1 aliphatic heterocycles. The van der Waals surface area contributed by atoms with E-state index in [9.17, 15) is 9.90 Å². The molecule has 1 fully saturated rings. The third kappa shape index (κ3) is 3.42. The Hall–Kier alpha value is -0.610. The molecule has 0 bridgehead atoms.